The second-order valence-electron chi connectivity index (χ2n) is 6.76. The molecule has 0 radical (unpaired) electrons. The normalized spacial score (nSPS) is 13.8. The minimum Gasteiger partial charge on any atom is -0.462 e. The molecule has 0 fully saturated rings. The quantitative estimate of drug-likeness (QED) is 0.564. The number of hydrogen-bond donors (Lipinski definition) is 1. The number of alkyl halides is 1. The van der Waals surface area contributed by atoms with Gasteiger partial charge in [-0.2, -0.15) is 0 Å². The summed E-state index contributed by atoms with van der Waals surface area (Å²) in [6.45, 7) is 8.22. The van der Waals surface area contributed by atoms with E-state index in [1.807, 2.05) is 20.8 Å². The van der Waals surface area contributed by atoms with E-state index in [0.717, 1.165) is 10.4 Å². The Labute approximate surface area is 165 Å². The van der Waals surface area contributed by atoms with Gasteiger partial charge in [-0.15, -0.1) is 11.3 Å². The maximum Gasteiger partial charge on any atom is 0.410 e. The number of nitrogens with one attached hydrogen (secondary N) is 1. The molecule has 0 saturated heterocycles. The zero-order valence-electron chi connectivity index (χ0n) is 15.3. The summed E-state index contributed by atoms with van der Waals surface area (Å²) in [6.07, 6.45) is 0.115. The van der Waals surface area contributed by atoms with E-state index in [9.17, 15) is 14.4 Å². The molecule has 2 heterocycles. The van der Waals surface area contributed by atoms with Crippen molar-refractivity contribution in [2.75, 3.05) is 23.8 Å². The predicted molar refractivity (Wildman–Crippen MR) is 103 cm³/mol. The van der Waals surface area contributed by atoms with Crippen LogP contribution in [0, 0.1) is 0 Å². The highest BCUT2D eigenvalue weighted by Crippen LogP contribution is 2.38. The Balaban J connectivity index is 2.29. The molecule has 0 bridgehead atoms. The van der Waals surface area contributed by atoms with Gasteiger partial charge in [-0.1, -0.05) is 15.9 Å². The van der Waals surface area contributed by atoms with Gasteiger partial charge in [-0.05, 0) is 39.7 Å². The number of fused-ring (bicyclic) bond motifs is 1. The lowest BCUT2D eigenvalue weighted by Gasteiger charge is -2.30. The second kappa shape index (κ2) is 8.39. The van der Waals surface area contributed by atoms with Crippen LogP contribution in [-0.4, -0.2) is 47.0 Å². The number of carbonyl (C=O) groups is 3. The molecule has 26 heavy (non-hydrogen) atoms. The Kier molecular flexibility index (Phi) is 6.68. The van der Waals surface area contributed by atoms with Crippen molar-refractivity contribution in [3.05, 3.63) is 16.0 Å². The van der Waals surface area contributed by atoms with Crippen LogP contribution in [0.2, 0.25) is 0 Å². The standard InChI is InChI=1S/C17H23BrN2O5S/c1-5-24-15(22)13-10-6-7-20(16(23)25-17(2,3)4)9-11(10)26-14(13)19-12(21)8-18/h5-9H2,1-4H3,(H,19,21). The van der Waals surface area contributed by atoms with Gasteiger partial charge in [0.25, 0.3) is 0 Å². The lowest BCUT2D eigenvalue weighted by Crippen LogP contribution is -2.39. The highest BCUT2D eigenvalue weighted by Gasteiger charge is 2.32. The molecule has 0 atom stereocenters. The molecule has 1 aliphatic heterocycles. The molecule has 9 heteroatoms. The molecule has 1 aromatic rings. The summed E-state index contributed by atoms with van der Waals surface area (Å²) in [5, 5.41) is 3.33. The van der Waals surface area contributed by atoms with Gasteiger partial charge in [0.15, 0.2) is 0 Å². The van der Waals surface area contributed by atoms with Crippen LogP contribution in [0.25, 0.3) is 0 Å². The number of nitrogens with zero attached hydrogens (tertiary/aromatic N) is 1. The minimum absolute atomic E-state index is 0.127. The Morgan fingerprint density at radius 1 is 1.31 bits per heavy atom. The summed E-state index contributed by atoms with van der Waals surface area (Å²) >= 11 is 4.40. The van der Waals surface area contributed by atoms with Crippen molar-refractivity contribution in [3.8, 4) is 0 Å². The number of anilines is 1. The van der Waals surface area contributed by atoms with E-state index in [1.165, 1.54) is 11.3 Å². The molecule has 2 rings (SSSR count). The number of amides is 2. The first-order valence-electron chi connectivity index (χ1n) is 8.31. The third-order valence-corrected chi connectivity index (χ3v) is 5.20. The smallest absolute Gasteiger partial charge is 0.410 e. The maximum atomic E-state index is 12.4. The number of halogens is 1. The van der Waals surface area contributed by atoms with E-state index >= 15 is 0 Å². The third-order valence-electron chi connectivity index (χ3n) is 3.56. The second-order valence-corrected chi connectivity index (χ2v) is 8.43. The fraction of sp³-hybridized carbons (Fsp3) is 0.588. The first-order valence-corrected chi connectivity index (χ1v) is 10.3. The van der Waals surface area contributed by atoms with Gasteiger partial charge >= 0.3 is 12.1 Å². The summed E-state index contributed by atoms with van der Waals surface area (Å²) < 4.78 is 10.6. The third kappa shape index (κ3) is 4.97. The number of esters is 1. The highest BCUT2D eigenvalue weighted by molar-refractivity contribution is 9.09. The average molecular weight is 447 g/mol. The Morgan fingerprint density at radius 3 is 2.58 bits per heavy atom. The highest BCUT2D eigenvalue weighted by atomic mass is 79.9. The largest absolute Gasteiger partial charge is 0.462 e. The van der Waals surface area contributed by atoms with E-state index < -0.39 is 11.6 Å². The zero-order chi connectivity index (χ0) is 19.5. The molecule has 1 N–H and O–H groups in total. The van der Waals surface area contributed by atoms with Crippen molar-refractivity contribution in [2.45, 2.75) is 46.3 Å². The van der Waals surface area contributed by atoms with Crippen LogP contribution >= 0.6 is 27.3 Å². The average Bonchev–Trinajstić information content (AvgIpc) is 2.90. The Bertz CT molecular complexity index is 711. The molecule has 0 saturated carbocycles. The molecule has 1 aliphatic rings. The number of carbonyl (C=O) groups excluding carboxylic acids is 3. The molecule has 0 unspecified atom stereocenters. The van der Waals surface area contributed by atoms with Gasteiger partial charge in [0, 0.05) is 11.4 Å². The SMILES string of the molecule is CCOC(=O)c1c(NC(=O)CBr)sc2c1CCN(C(=O)OC(C)(C)C)C2. The number of rotatable bonds is 4. The van der Waals surface area contributed by atoms with Gasteiger partial charge in [0.2, 0.25) is 5.91 Å². The van der Waals surface area contributed by atoms with Gasteiger partial charge in [-0.25, -0.2) is 9.59 Å². The van der Waals surface area contributed by atoms with Crippen LogP contribution in [0.1, 0.15) is 48.5 Å². The summed E-state index contributed by atoms with van der Waals surface area (Å²) in [5.41, 5.74) is 0.654. The zero-order valence-corrected chi connectivity index (χ0v) is 17.7. The molecule has 2 amide bonds. The number of hydrogen-bond acceptors (Lipinski definition) is 6. The van der Waals surface area contributed by atoms with E-state index in [2.05, 4.69) is 21.2 Å². The molecular weight excluding hydrogens is 424 g/mol. The fourth-order valence-corrected chi connectivity index (χ4v) is 3.96. The molecule has 0 aliphatic carbocycles. The van der Waals surface area contributed by atoms with E-state index in [4.69, 9.17) is 9.47 Å². The van der Waals surface area contributed by atoms with Crippen LogP contribution in [0.4, 0.5) is 9.80 Å². The van der Waals surface area contributed by atoms with Crippen molar-refractivity contribution in [1.82, 2.24) is 4.90 Å². The van der Waals surface area contributed by atoms with E-state index in [1.54, 1.807) is 11.8 Å². The first-order chi connectivity index (χ1) is 12.2. The lowest BCUT2D eigenvalue weighted by molar-refractivity contribution is -0.113. The molecule has 0 aromatic carbocycles. The van der Waals surface area contributed by atoms with Gasteiger partial charge < -0.3 is 19.7 Å². The van der Waals surface area contributed by atoms with Crippen molar-refractivity contribution < 1.29 is 23.9 Å². The van der Waals surface area contributed by atoms with E-state index in [-0.39, 0.29) is 23.9 Å². The topological polar surface area (TPSA) is 84.9 Å². The Hall–Kier alpha value is -1.61. The summed E-state index contributed by atoms with van der Waals surface area (Å²) in [4.78, 5) is 38.9. The van der Waals surface area contributed by atoms with E-state index in [0.29, 0.717) is 30.1 Å². The molecular formula is C17H23BrN2O5S. The molecule has 0 spiro atoms. The first kappa shape index (κ1) is 20.7. The van der Waals surface area contributed by atoms with Crippen molar-refractivity contribution in [1.29, 1.82) is 0 Å². The molecule has 1 aromatic heterocycles. The minimum atomic E-state index is -0.572. The van der Waals surface area contributed by atoms with Crippen LogP contribution < -0.4 is 5.32 Å². The van der Waals surface area contributed by atoms with Crippen molar-refractivity contribution in [2.24, 2.45) is 0 Å². The lowest BCUT2D eigenvalue weighted by atomic mass is 10.0. The van der Waals surface area contributed by atoms with Crippen LogP contribution in [0.5, 0.6) is 0 Å². The van der Waals surface area contributed by atoms with Gasteiger partial charge in [0.1, 0.15) is 10.6 Å². The van der Waals surface area contributed by atoms with Crippen LogP contribution in [-0.2, 0) is 27.2 Å². The van der Waals surface area contributed by atoms with Gasteiger partial charge in [-0.3, -0.25) is 4.79 Å². The van der Waals surface area contributed by atoms with Crippen molar-refractivity contribution >= 4 is 50.2 Å². The maximum absolute atomic E-state index is 12.4. The monoisotopic (exact) mass is 446 g/mol. The molecule has 144 valence electrons. The molecule has 7 nitrogen and oxygen atoms in total. The Morgan fingerprint density at radius 2 is 2.00 bits per heavy atom. The van der Waals surface area contributed by atoms with Crippen LogP contribution in [0.15, 0.2) is 0 Å². The number of thiophene rings is 1. The summed E-state index contributed by atoms with van der Waals surface area (Å²) in [7, 11) is 0. The summed E-state index contributed by atoms with van der Waals surface area (Å²) in [6, 6.07) is 0. The van der Waals surface area contributed by atoms with Crippen LogP contribution in [0.3, 0.4) is 0 Å². The van der Waals surface area contributed by atoms with Crippen molar-refractivity contribution in [3.63, 3.8) is 0 Å². The van der Waals surface area contributed by atoms with Gasteiger partial charge in [0.05, 0.1) is 24.0 Å². The summed E-state index contributed by atoms with van der Waals surface area (Å²) in [5.74, 6) is -0.710. The predicted octanol–water partition coefficient (Wildman–Crippen LogP) is 3.55. The fourth-order valence-electron chi connectivity index (χ4n) is 2.55. The number of ether oxygens (including phenoxy) is 2.